The predicted octanol–water partition coefficient (Wildman–Crippen LogP) is -0.134. The third kappa shape index (κ3) is 5.81. The monoisotopic (exact) mass is 304 g/mol. The van der Waals surface area contributed by atoms with E-state index in [0.717, 1.165) is 12.8 Å². The molecule has 112 valence electrons. The van der Waals surface area contributed by atoms with Crippen LogP contribution in [0.5, 0.6) is 5.88 Å². The van der Waals surface area contributed by atoms with E-state index in [2.05, 4.69) is 15.3 Å². The van der Waals surface area contributed by atoms with Gasteiger partial charge in [-0.3, -0.25) is 10.3 Å². The number of aromatic nitrogens is 2. The highest BCUT2D eigenvalue weighted by atomic mass is 31.2. The fourth-order valence-corrected chi connectivity index (χ4v) is 1.74. The summed E-state index contributed by atoms with van der Waals surface area (Å²) in [5.74, 6) is 0.927. The molecule has 1 aliphatic rings. The van der Waals surface area contributed by atoms with E-state index in [1.54, 1.807) is 6.07 Å². The van der Waals surface area contributed by atoms with Crippen LogP contribution >= 0.6 is 7.60 Å². The highest BCUT2D eigenvalue weighted by molar-refractivity contribution is 7.51. The number of ether oxygens (including phenoxy) is 2. The van der Waals surface area contributed by atoms with Crippen molar-refractivity contribution in [3.05, 3.63) is 12.4 Å². The average Bonchev–Trinajstić information content (AvgIpc) is 3.11. The van der Waals surface area contributed by atoms with Gasteiger partial charge in [0.25, 0.3) is 0 Å². The lowest BCUT2D eigenvalue weighted by Gasteiger charge is -2.14. The van der Waals surface area contributed by atoms with Crippen LogP contribution in [-0.2, 0) is 9.30 Å². The molecule has 2 rings (SSSR count). The molecule has 0 saturated heterocycles. The summed E-state index contributed by atoms with van der Waals surface area (Å²) in [5.41, 5.74) is 5.62. The normalized spacial score (nSPS) is 16.8. The zero-order chi connectivity index (χ0) is 14.6. The first-order chi connectivity index (χ1) is 9.42. The Morgan fingerprint density at radius 2 is 2.25 bits per heavy atom. The number of anilines is 1. The van der Waals surface area contributed by atoms with Gasteiger partial charge in [-0.2, -0.15) is 0 Å². The SMILES string of the molecule is NC(COCP(=O)(O)O)Oc1cc(NC2CC2)ncn1. The quantitative estimate of drug-likeness (QED) is 0.381. The summed E-state index contributed by atoms with van der Waals surface area (Å²) in [6.07, 6.45) is 2.03. The van der Waals surface area contributed by atoms with Crippen molar-refractivity contribution in [2.24, 2.45) is 5.73 Å². The first-order valence-corrected chi connectivity index (χ1v) is 7.85. The van der Waals surface area contributed by atoms with E-state index in [-0.39, 0.29) is 12.5 Å². The highest BCUT2D eigenvalue weighted by Crippen LogP contribution is 2.33. The Labute approximate surface area is 115 Å². The minimum atomic E-state index is -4.19. The maximum absolute atomic E-state index is 10.6. The Morgan fingerprint density at radius 3 is 2.90 bits per heavy atom. The first-order valence-electron chi connectivity index (χ1n) is 6.05. The largest absolute Gasteiger partial charge is 0.456 e. The van der Waals surface area contributed by atoms with Gasteiger partial charge >= 0.3 is 7.60 Å². The van der Waals surface area contributed by atoms with Gasteiger partial charge in [-0.15, -0.1) is 0 Å². The minimum absolute atomic E-state index is 0.152. The van der Waals surface area contributed by atoms with Crippen molar-refractivity contribution < 1.29 is 23.8 Å². The lowest BCUT2D eigenvalue weighted by Crippen LogP contribution is -2.33. The molecule has 0 aliphatic heterocycles. The molecule has 0 aromatic carbocycles. The van der Waals surface area contributed by atoms with Crippen LogP contribution in [0.4, 0.5) is 5.82 Å². The van der Waals surface area contributed by atoms with Crippen molar-refractivity contribution in [2.75, 3.05) is 18.3 Å². The number of rotatable bonds is 8. The van der Waals surface area contributed by atoms with Crippen molar-refractivity contribution in [1.29, 1.82) is 0 Å². The van der Waals surface area contributed by atoms with Gasteiger partial charge in [-0.05, 0) is 12.8 Å². The molecular formula is C10H17N4O5P. The Kier molecular flexibility index (Phi) is 4.90. The molecular weight excluding hydrogens is 287 g/mol. The molecule has 1 heterocycles. The van der Waals surface area contributed by atoms with Crippen LogP contribution in [0, 0.1) is 0 Å². The van der Waals surface area contributed by atoms with Crippen molar-refractivity contribution in [3.8, 4) is 5.88 Å². The Morgan fingerprint density at radius 1 is 1.50 bits per heavy atom. The molecule has 0 spiro atoms. The van der Waals surface area contributed by atoms with Gasteiger partial charge in [0.1, 0.15) is 18.5 Å². The van der Waals surface area contributed by atoms with Crippen LogP contribution in [-0.4, -0.2) is 45.0 Å². The van der Waals surface area contributed by atoms with Gasteiger partial charge in [0.05, 0.1) is 6.61 Å². The molecule has 10 heteroatoms. The number of hydrogen-bond acceptors (Lipinski definition) is 7. The molecule has 0 amide bonds. The summed E-state index contributed by atoms with van der Waals surface area (Å²) in [5, 5.41) is 3.19. The summed E-state index contributed by atoms with van der Waals surface area (Å²) < 4.78 is 20.6. The Bertz CT molecular complexity index is 492. The van der Waals surface area contributed by atoms with E-state index in [0.29, 0.717) is 11.9 Å². The smallest absolute Gasteiger partial charge is 0.350 e. The van der Waals surface area contributed by atoms with Crippen molar-refractivity contribution >= 4 is 13.4 Å². The first kappa shape index (κ1) is 15.1. The number of nitrogens with zero attached hydrogens (tertiary/aromatic N) is 2. The molecule has 1 aromatic heterocycles. The van der Waals surface area contributed by atoms with E-state index in [1.807, 2.05) is 0 Å². The topological polar surface area (TPSA) is 140 Å². The molecule has 9 nitrogen and oxygen atoms in total. The standard InChI is InChI=1S/C10H17N4O5P/c11-8(4-18-6-20(15,16)17)19-10-3-9(12-5-13-10)14-7-1-2-7/h3,5,7-8H,1-2,4,6,11H2,(H,12,13,14)(H2,15,16,17). The summed E-state index contributed by atoms with van der Waals surface area (Å²) in [6.45, 7) is -0.152. The summed E-state index contributed by atoms with van der Waals surface area (Å²) in [4.78, 5) is 25.2. The molecule has 1 unspecified atom stereocenters. The van der Waals surface area contributed by atoms with E-state index in [9.17, 15) is 4.57 Å². The van der Waals surface area contributed by atoms with Gasteiger partial charge in [0.15, 0.2) is 6.23 Å². The van der Waals surface area contributed by atoms with E-state index < -0.39 is 20.2 Å². The van der Waals surface area contributed by atoms with Crippen LogP contribution < -0.4 is 15.8 Å². The molecule has 1 aliphatic carbocycles. The number of hydrogen-bond donors (Lipinski definition) is 4. The average molecular weight is 304 g/mol. The fraction of sp³-hybridized carbons (Fsp3) is 0.600. The van der Waals surface area contributed by atoms with Crippen LogP contribution in [0.2, 0.25) is 0 Å². The van der Waals surface area contributed by atoms with Crippen molar-refractivity contribution in [3.63, 3.8) is 0 Å². The number of nitrogens with one attached hydrogen (secondary N) is 1. The van der Waals surface area contributed by atoms with E-state index in [4.69, 9.17) is 25.0 Å². The zero-order valence-corrected chi connectivity index (χ0v) is 11.6. The second-order valence-corrected chi connectivity index (χ2v) is 6.07. The maximum Gasteiger partial charge on any atom is 0.350 e. The number of nitrogens with two attached hydrogens (primary N) is 1. The lowest BCUT2D eigenvalue weighted by molar-refractivity contribution is 0.0656. The predicted molar refractivity (Wildman–Crippen MR) is 70.1 cm³/mol. The Balaban J connectivity index is 1.77. The van der Waals surface area contributed by atoms with Crippen LogP contribution in [0.25, 0.3) is 0 Å². The summed E-state index contributed by atoms with van der Waals surface area (Å²) >= 11 is 0. The van der Waals surface area contributed by atoms with E-state index in [1.165, 1.54) is 6.33 Å². The molecule has 1 atom stereocenters. The highest BCUT2D eigenvalue weighted by Gasteiger charge is 2.21. The van der Waals surface area contributed by atoms with Gasteiger partial charge in [0, 0.05) is 12.1 Å². The molecule has 0 radical (unpaired) electrons. The summed E-state index contributed by atoms with van der Waals surface area (Å²) in [7, 11) is -4.19. The van der Waals surface area contributed by atoms with Crippen molar-refractivity contribution in [1.82, 2.24) is 9.97 Å². The fourth-order valence-electron chi connectivity index (χ4n) is 1.40. The maximum atomic E-state index is 10.6. The molecule has 0 bridgehead atoms. The second kappa shape index (κ2) is 6.47. The molecule has 20 heavy (non-hydrogen) atoms. The second-order valence-electron chi connectivity index (χ2n) is 4.48. The van der Waals surface area contributed by atoms with Crippen molar-refractivity contribution in [2.45, 2.75) is 25.1 Å². The lowest BCUT2D eigenvalue weighted by atomic mass is 10.5. The van der Waals surface area contributed by atoms with Gasteiger partial charge < -0.3 is 24.6 Å². The van der Waals surface area contributed by atoms with E-state index >= 15 is 0 Å². The Hall–Kier alpha value is -1.25. The van der Waals surface area contributed by atoms with Crippen LogP contribution in [0.15, 0.2) is 12.4 Å². The van der Waals surface area contributed by atoms with Gasteiger partial charge in [0.2, 0.25) is 5.88 Å². The third-order valence-electron chi connectivity index (χ3n) is 2.39. The molecule has 1 fully saturated rings. The molecule has 1 aromatic rings. The molecule has 5 N–H and O–H groups in total. The summed E-state index contributed by atoms with van der Waals surface area (Å²) in [6, 6.07) is 2.07. The van der Waals surface area contributed by atoms with Crippen LogP contribution in [0.1, 0.15) is 12.8 Å². The minimum Gasteiger partial charge on any atom is -0.456 e. The molecule has 1 saturated carbocycles. The van der Waals surface area contributed by atoms with Gasteiger partial charge in [-0.1, -0.05) is 0 Å². The zero-order valence-electron chi connectivity index (χ0n) is 10.7. The van der Waals surface area contributed by atoms with Crippen LogP contribution in [0.3, 0.4) is 0 Å². The third-order valence-corrected chi connectivity index (χ3v) is 2.90. The van der Waals surface area contributed by atoms with Gasteiger partial charge in [-0.25, -0.2) is 9.97 Å².